The Labute approximate surface area is 98.2 Å². The Morgan fingerprint density at radius 1 is 1.65 bits per heavy atom. The maximum absolute atomic E-state index is 10.6. The van der Waals surface area contributed by atoms with Crippen molar-refractivity contribution in [2.75, 3.05) is 6.61 Å². The molecule has 0 saturated heterocycles. The molecule has 0 amide bonds. The van der Waals surface area contributed by atoms with Crippen molar-refractivity contribution in [3.63, 3.8) is 0 Å². The van der Waals surface area contributed by atoms with E-state index in [9.17, 15) is 4.79 Å². The third-order valence-electron chi connectivity index (χ3n) is 2.51. The molecule has 1 heterocycles. The first kappa shape index (κ1) is 11.3. The zero-order chi connectivity index (χ0) is 12.3. The Morgan fingerprint density at radius 3 is 3.18 bits per heavy atom. The number of imidazole rings is 1. The molecule has 0 fully saturated rings. The first-order chi connectivity index (χ1) is 8.20. The second kappa shape index (κ2) is 4.76. The molecule has 0 aromatic carbocycles. The Morgan fingerprint density at radius 2 is 2.47 bits per heavy atom. The summed E-state index contributed by atoms with van der Waals surface area (Å²) in [7, 11) is 0. The van der Waals surface area contributed by atoms with Gasteiger partial charge in [-0.05, 0) is 6.08 Å². The molecule has 0 spiro atoms. The van der Waals surface area contributed by atoms with Crippen LogP contribution in [0.4, 0.5) is 0 Å². The van der Waals surface area contributed by atoms with Crippen LogP contribution >= 0.6 is 0 Å². The van der Waals surface area contributed by atoms with Crippen LogP contribution in [0.15, 0.2) is 12.4 Å². The first-order valence-corrected chi connectivity index (χ1v) is 5.27. The Kier molecular flexibility index (Phi) is 3.16. The zero-order valence-corrected chi connectivity index (χ0v) is 9.46. The number of fused-ring (bicyclic) bond motifs is 1. The van der Waals surface area contributed by atoms with E-state index < -0.39 is 0 Å². The fourth-order valence-electron chi connectivity index (χ4n) is 1.70. The molecule has 0 aliphatic heterocycles. The minimum Gasteiger partial charge on any atom is -0.464 e. The van der Waals surface area contributed by atoms with Crippen LogP contribution in [-0.2, 0) is 22.5 Å². The summed E-state index contributed by atoms with van der Waals surface area (Å²) < 4.78 is 6.78. The van der Waals surface area contributed by atoms with Crippen molar-refractivity contribution in [1.29, 1.82) is 0 Å². The maximum atomic E-state index is 10.6. The molecule has 6 heteroatoms. The van der Waals surface area contributed by atoms with Gasteiger partial charge in [-0.3, -0.25) is 4.79 Å². The van der Waals surface area contributed by atoms with Crippen LogP contribution in [-0.4, -0.2) is 32.6 Å². The summed E-state index contributed by atoms with van der Waals surface area (Å²) >= 11 is 0. The van der Waals surface area contributed by atoms with Crippen molar-refractivity contribution in [1.82, 2.24) is 9.55 Å². The number of esters is 1. The van der Waals surface area contributed by atoms with E-state index in [0.29, 0.717) is 25.3 Å². The van der Waals surface area contributed by atoms with Gasteiger partial charge in [0.15, 0.2) is 0 Å². The number of carbonyl (C=O) groups excluding carboxylic acids is 1. The van der Waals surface area contributed by atoms with Crippen LogP contribution in [0.2, 0.25) is 0 Å². The number of aromatic nitrogens is 2. The van der Waals surface area contributed by atoms with Crippen molar-refractivity contribution in [3.8, 4) is 0 Å². The fourth-order valence-corrected chi connectivity index (χ4v) is 1.70. The second-order valence-corrected chi connectivity index (χ2v) is 3.71. The van der Waals surface area contributed by atoms with Gasteiger partial charge in [0.25, 0.3) is 5.71 Å². The summed E-state index contributed by atoms with van der Waals surface area (Å²) in [5.74, 6) is -0.288. The summed E-state index contributed by atoms with van der Waals surface area (Å²) in [6.07, 6.45) is 5.79. The molecular weight excluding hydrogens is 220 g/mol. The molecule has 1 aliphatic carbocycles. The average Bonchev–Trinajstić information content (AvgIpc) is 2.71. The van der Waals surface area contributed by atoms with Crippen molar-refractivity contribution in [3.05, 3.63) is 29.3 Å². The SMILES string of the molecule is CC(=O)OCCn1cnc2c1C=CC(=[N+]=[N-])C2. The highest BCUT2D eigenvalue weighted by Gasteiger charge is 2.18. The molecule has 2 rings (SSSR count). The minimum absolute atomic E-state index is 0.288. The summed E-state index contributed by atoms with van der Waals surface area (Å²) in [5.41, 5.74) is 11.1. The molecule has 1 aromatic rings. The normalized spacial score (nSPS) is 13.1. The van der Waals surface area contributed by atoms with Crippen LogP contribution in [0, 0.1) is 0 Å². The Bertz CT molecular complexity index is 524. The monoisotopic (exact) mass is 232 g/mol. The van der Waals surface area contributed by atoms with E-state index in [1.807, 2.05) is 10.6 Å². The predicted octanol–water partition coefficient (Wildman–Crippen LogP) is 0.686. The van der Waals surface area contributed by atoms with Gasteiger partial charge in [0.1, 0.15) is 6.61 Å². The number of nitrogens with zero attached hydrogens (tertiary/aromatic N) is 4. The molecule has 0 atom stereocenters. The number of hydrogen-bond donors (Lipinski definition) is 0. The molecule has 17 heavy (non-hydrogen) atoms. The molecule has 0 saturated carbocycles. The molecular formula is C11H12N4O2. The fraction of sp³-hybridized carbons (Fsp3) is 0.364. The van der Waals surface area contributed by atoms with Gasteiger partial charge < -0.3 is 14.8 Å². The van der Waals surface area contributed by atoms with Gasteiger partial charge in [0.05, 0.1) is 30.7 Å². The smallest absolute Gasteiger partial charge is 0.302 e. The van der Waals surface area contributed by atoms with E-state index in [4.69, 9.17) is 10.3 Å². The van der Waals surface area contributed by atoms with E-state index in [1.54, 1.807) is 12.4 Å². The van der Waals surface area contributed by atoms with Crippen LogP contribution < -0.4 is 0 Å². The third-order valence-corrected chi connectivity index (χ3v) is 2.51. The standard InChI is InChI=1S/C11H12N4O2/c1-8(16)17-5-4-15-7-13-10-6-9(14-12)2-3-11(10)15/h2-3,7H,4-6H2,1H3. The molecule has 0 unspecified atom stereocenters. The topological polar surface area (TPSA) is 80.5 Å². The van der Waals surface area contributed by atoms with Crippen LogP contribution in [0.25, 0.3) is 11.6 Å². The summed E-state index contributed by atoms with van der Waals surface area (Å²) in [5, 5.41) is 0. The molecule has 88 valence electrons. The van der Waals surface area contributed by atoms with Gasteiger partial charge in [-0.15, -0.1) is 0 Å². The van der Waals surface area contributed by atoms with Crippen molar-refractivity contribution >= 4 is 17.8 Å². The maximum Gasteiger partial charge on any atom is 0.302 e. The highest BCUT2D eigenvalue weighted by Crippen LogP contribution is 2.15. The largest absolute Gasteiger partial charge is 0.464 e. The summed E-state index contributed by atoms with van der Waals surface area (Å²) in [6, 6.07) is 0. The van der Waals surface area contributed by atoms with Crippen LogP contribution in [0.3, 0.4) is 0 Å². The second-order valence-electron chi connectivity index (χ2n) is 3.71. The number of ether oxygens (including phenoxy) is 1. The Hall–Kier alpha value is -2.20. The van der Waals surface area contributed by atoms with Crippen LogP contribution in [0.5, 0.6) is 0 Å². The van der Waals surface area contributed by atoms with Gasteiger partial charge in [-0.2, -0.15) is 4.79 Å². The molecule has 1 aromatic heterocycles. The highest BCUT2D eigenvalue weighted by molar-refractivity contribution is 5.97. The predicted molar refractivity (Wildman–Crippen MR) is 60.2 cm³/mol. The third kappa shape index (κ3) is 2.49. The lowest BCUT2D eigenvalue weighted by molar-refractivity contribution is -0.141. The first-order valence-electron chi connectivity index (χ1n) is 5.27. The molecule has 1 aliphatic rings. The van der Waals surface area contributed by atoms with E-state index in [2.05, 4.69) is 9.77 Å². The van der Waals surface area contributed by atoms with E-state index in [0.717, 1.165) is 11.4 Å². The quantitative estimate of drug-likeness (QED) is 0.436. The van der Waals surface area contributed by atoms with Crippen LogP contribution in [0.1, 0.15) is 18.3 Å². The van der Waals surface area contributed by atoms with Gasteiger partial charge in [-0.25, -0.2) is 4.98 Å². The number of rotatable bonds is 3. The Balaban J connectivity index is 2.09. The number of allylic oxidation sites excluding steroid dienone is 1. The number of carbonyl (C=O) groups is 1. The van der Waals surface area contributed by atoms with E-state index in [-0.39, 0.29) is 5.97 Å². The van der Waals surface area contributed by atoms with Crippen molar-refractivity contribution in [2.45, 2.75) is 19.9 Å². The van der Waals surface area contributed by atoms with E-state index >= 15 is 0 Å². The molecule has 0 radical (unpaired) electrons. The van der Waals surface area contributed by atoms with Gasteiger partial charge in [0.2, 0.25) is 0 Å². The minimum atomic E-state index is -0.288. The molecule has 6 nitrogen and oxygen atoms in total. The highest BCUT2D eigenvalue weighted by atomic mass is 16.5. The summed E-state index contributed by atoms with van der Waals surface area (Å²) in [4.78, 5) is 18.0. The van der Waals surface area contributed by atoms with Gasteiger partial charge >= 0.3 is 5.97 Å². The average molecular weight is 232 g/mol. The molecule has 0 bridgehead atoms. The lowest BCUT2D eigenvalue weighted by Gasteiger charge is -2.07. The van der Waals surface area contributed by atoms with Crippen molar-refractivity contribution in [2.24, 2.45) is 0 Å². The zero-order valence-electron chi connectivity index (χ0n) is 9.46. The van der Waals surface area contributed by atoms with Gasteiger partial charge in [-0.1, -0.05) is 0 Å². The number of hydrogen-bond acceptors (Lipinski definition) is 3. The molecule has 0 N–H and O–H groups in total. The lowest BCUT2D eigenvalue weighted by atomic mass is 10.1. The lowest BCUT2D eigenvalue weighted by Crippen LogP contribution is -2.12. The van der Waals surface area contributed by atoms with Crippen molar-refractivity contribution < 1.29 is 14.3 Å². The summed E-state index contributed by atoms with van der Waals surface area (Å²) in [6.45, 7) is 2.28. The van der Waals surface area contributed by atoms with Gasteiger partial charge in [0, 0.05) is 13.0 Å². The van der Waals surface area contributed by atoms with E-state index in [1.165, 1.54) is 6.92 Å².